The van der Waals surface area contributed by atoms with Crippen LogP contribution in [0.2, 0.25) is 5.02 Å². The maximum Gasteiger partial charge on any atom is 0.404 e. The summed E-state index contributed by atoms with van der Waals surface area (Å²) in [7, 11) is -5.05. The number of fused-ring (bicyclic) bond motifs is 1. The SMILES string of the molecule is O=C(c1c(F)ccc(NS(=O)(=O)CC(F)(F)F)c1F)c1c[nH]c2ncc(Cl)cc12. The Morgan fingerprint density at radius 3 is 2.59 bits per heavy atom. The van der Waals surface area contributed by atoms with Gasteiger partial charge in [0.15, 0.2) is 11.6 Å². The fraction of sp³-hybridized carbons (Fsp3) is 0.125. The summed E-state index contributed by atoms with van der Waals surface area (Å²) in [5.41, 5.74) is -2.18. The van der Waals surface area contributed by atoms with Gasteiger partial charge in [-0.3, -0.25) is 9.52 Å². The van der Waals surface area contributed by atoms with Crippen molar-refractivity contribution in [2.45, 2.75) is 6.18 Å². The summed E-state index contributed by atoms with van der Waals surface area (Å²) in [5, 5.41) is 0.283. The van der Waals surface area contributed by atoms with Crippen LogP contribution in [0.5, 0.6) is 0 Å². The molecular weight excluding hydrogens is 445 g/mol. The highest BCUT2D eigenvalue weighted by Crippen LogP contribution is 2.29. The molecule has 0 amide bonds. The number of H-pyrrole nitrogens is 1. The first kappa shape index (κ1) is 21.0. The molecule has 0 aliphatic rings. The van der Waals surface area contributed by atoms with Crippen LogP contribution >= 0.6 is 11.6 Å². The maximum absolute atomic E-state index is 14.7. The molecule has 154 valence electrons. The second-order valence-electron chi connectivity index (χ2n) is 5.84. The summed E-state index contributed by atoms with van der Waals surface area (Å²) in [6, 6.07) is 2.45. The lowest BCUT2D eigenvalue weighted by molar-refractivity contribution is -0.106. The Hall–Kier alpha value is -2.73. The summed E-state index contributed by atoms with van der Waals surface area (Å²) in [6.07, 6.45) is -2.70. The number of hydrogen-bond donors (Lipinski definition) is 2. The van der Waals surface area contributed by atoms with Gasteiger partial charge in [0, 0.05) is 23.3 Å². The van der Waals surface area contributed by atoms with Gasteiger partial charge in [0.05, 0.1) is 16.3 Å². The molecule has 3 rings (SSSR count). The van der Waals surface area contributed by atoms with Crippen LogP contribution in [0.1, 0.15) is 15.9 Å². The van der Waals surface area contributed by atoms with Gasteiger partial charge < -0.3 is 4.98 Å². The zero-order chi connectivity index (χ0) is 21.6. The average Bonchev–Trinajstić information content (AvgIpc) is 2.98. The number of pyridine rings is 1. The van der Waals surface area contributed by atoms with E-state index < -0.39 is 50.6 Å². The van der Waals surface area contributed by atoms with Crippen molar-refractivity contribution in [3.8, 4) is 0 Å². The molecule has 0 saturated heterocycles. The van der Waals surface area contributed by atoms with E-state index in [1.165, 1.54) is 17.0 Å². The summed E-state index contributed by atoms with van der Waals surface area (Å²) < 4.78 is 90.4. The molecule has 0 spiro atoms. The minimum Gasteiger partial charge on any atom is -0.345 e. The zero-order valence-corrected chi connectivity index (χ0v) is 15.5. The van der Waals surface area contributed by atoms with Crippen molar-refractivity contribution in [3.63, 3.8) is 0 Å². The summed E-state index contributed by atoms with van der Waals surface area (Å²) in [5.74, 6) is -6.47. The number of halogens is 6. The molecule has 0 aliphatic heterocycles. The van der Waals surface area contributed by atoms with E-state index in [2.05, 4.69) is 9.97 Å². The Labute approximate surface area is 164 Å². The highest BCUT2D eigenvalue weighted by Gasteiger charge is 2.36. The van der Waals surface area contributed by atoms with E-state index in [1.54, 1.807) is 0 Å². The maximum atomic E-state index is 14.7. The van der Waals surface area contributed by atoms with Gasteiger partial charge in [-0.15, -0.1) is 0 Å². The molecule has 0 saturated carbocycles. The van der Waals surface area contributed by atoms with Gasteiger partial charge in [0.2, 0.25) is 15.8 Å². The molecule has 13 heteroatoms. The molecule has 0 radical (unpaired) electrons. The topological polar surface area (TPSA) is 91.9 Å². The minimum atomic E-state index is -5.09. The molecule has 0 atom stereocenters. The number of anilines is 1. The predicted molar refractivity (Wildman–Crippen MR) is 94.4 cm³/mol. The number of sulfonamides is 1. The number of aromatic amines is 1. The van der Waals surface area contributed by atoms with E-state index in [1.807, 2.05) is 0 Å². The number of hydrogen-bond acceptors (Lipinski definition) is 4. The molecule has 0 bridgehead atoms. The lowest BCUT2D eigenvalue weighted by Crippen LogP contribution is -2.28. The van der Waals surface area contributed by atoms with Crippen molar-refractivity contribution in [3.05, 3.63) is 58.4 Å². The lowest BCUT2D eigenvalue weighted by Gasteiger charge is -2.13. The smallest absolute Gasteiger partial charge is 0.345 e. The largest absolute Gasteiger partial charge is 0.404 e. The van der Waals surface area contributed by atoms with Gasteiger partial charge in [-0.2, -0.15) is 13.2 Å². The summed E-state index contributed by atoms with van der Waals surface area (Å²) >= 11 is 5.81. The van der Waals surface area contributed by atoms with E-state index in [0.29, 0.717) is 12.1 Å². The molecule has 6 nitrogen and oxygen atoms in total. The Morgan fingerprint density at radius 2 is 1.93 bits per heavy atom. The van der Waals surface area contributed by atoms with Gasteiger partial charge in [0.1, 0.15) is 11.5 Å². The first-order valence-corrected chi connectivity index (χ1v) is 9.63. The van der Waals surface area contributed by atoms with Crippen molar-refractivity contribution in [1.82, 2.24) is 9.97 Å². The van der Waals surface area contributed by atoms with Gasteiger partial charge in [-0.25, -0.2) is 22.2 Å². The van der Waals surface area contributed by atoms with E-state index in [4.69, 9.17) is 11.6 Å². The Balaban J connectivity index is 2.05. The van der Waals surface area contributed by atoms with Crippen LogP contribution in [0, 0.1) is 11.6 Å². The molecular formula is C16H9ClF5N3O3S. The van der Waals surface area contributed by atoms with Gasteiger partial charge in [-0.1, -0.05) is 11.6 Å². The molecule has 0 aliphatic carbocycles. The Kier molecular flexibility index (Phi) is 5.26. The van der Waals surface area contributed by atoms with Crippen molar-refractivity contribution >= 4 is 44.1 Å². The normalized spacial score (nSPS) is 12.3. The predicted octanol–water partition coefficient (Wildman–Crippen LogP) is 4.03. The van der Waals surface area contributed by atoms with Crippen molar-refractivity contribution in [2.24, 2.45) is 0 Å². The molecule has 29 heavy (non-hydrogen) atoms. The second kappa shape index (κ2) is 7.26. The monoisotopic (exact) mass is 453 g/mol. The standard InChI is InChI=1S/C16H9ClF5N3O3S/c17-7-3-8-9(5-24-15(8)23-4-7)14(26)12-10(18)1-2-11(13(12)19)25-29(27,28)6-16(20,21)22/h1-5,25H,6H2,(H,23,24). The number of carbonyl (C=O) groups is 1. The van der Waals surface area contributed by atoms with Crippen LogP contribution in [0.15, 0.2) is 30.6 Å². The molecule has 0 fully saturated rings. The minimum absolute atomic E-state index is 0.140. The third-order valence-corrected chi connectivity index (χ3v) is 5.12. The number of nitrogens with zero attached hydrogens (tertiary/aromatic N) is 1. The summed E-state index contributed by atoms with van der Waals surface area (Å²) in [6.45, 7) is 0. The molecule has 1 aromatic carbocycles. The van der Waals surface area contributed by atoms with Gasteiger partial charge in [-0.05, 0) is 18.2 Å². The lowest BCUT2D eigenvalue weighted by atomic mass is 10.0. The summed E-state index contributed by atoms with van der Waals surface area (Å²) in [4.78, 5) is 19.2. The van der Waals surface area contributed by atoms with E-state index in [9.17, 15) is 35.2 Å². The number of carbonyl (C=O) groups excluding carboxylic acids is 1. The number of nitrogens with one attached hydrogen (secondary N) is 2. The molecule has 2 N–H and O–H groups in total. The van der Waals surface area contributed by atoms with E-state index in [-0.39, 0.29) is 21.6 Å². The number of rotatable bonds is 5. The van der Waals surface area contributed by atoms with Gasteiger partial charge in [0.25, 0.3) is 0 Å². The van der Waals surface area contributed by atoms with Gasteiger partial charge >= 0.3 is 6.18 Å². The van der Waals surface area contributed by atoms with Crippen LogP contribution in [0.3, 0.4) is 0 Å². The van der Waals surface area contributed by atoms with Crippen LogP contribution in [0.4, 0.5) is 27.6 Å². The first-order valence-electron chi connectivity index (χ1n) is 7.60. The molecule has 3 aromatic rings. The van der Waals surface area contributed by atoms with Crippen molar-refractivity contribution in [2.75, 3.05) is 10.5 Å². The molecule has 2 heterocycles. The second-order valence-corrected chi connectivity index (χ2v) is 8.00. The molecule has 2 aromatic heterocycles. The Bertz CT molecular complexity index is 1220. The van der Waals surface area contributed by atoms with Crippen LogP contribution in [-0.2, 0) is 10.0 Å². The quantitative estimate of drug-likeness (QED) is 0.451. The number of benzene rings is 1. The average molecular weight is 454 g/mol. The fourth-order valence-electron chi connectivity index (χ4n) is 2.56. The highest BCUT2D eigenvalue weighted by molar-refractivity contribution is 7.92. The number of alkyl halides is 3. The first-order chi connectivity index (χ1) is 13.4. The Morgan fingerprint density at radius 1 is 1.24 bits per heavy atom. The van der Waals surface area contributed by atoms with Crippen molar-refractivity contribution in [1.29, 1.82) is 0 Å². The third kappa shape index (κ3) is 4.48. The van der Waals surface area contributed by atoms with Crippen LogP contribution < -0.4 is 4.72 Å². The van der Waals surface area contributed by atoms with Crippen LogP contribution in [-0.4, -0.2) is 36.1 Å². The van der Waals surface area contributed by atoms with E-state index >= 15 is 0 Å². The third-order valence-electron chi connectivity index (χ3n) is 3.68. The molecule has 0 unspecified atom stereocenters. The van der Waals surface area contributed by atoms with E-state index in [0.717, 1.165) is 6.20 Å². The number of aromatic nitrogens is 2. The van der Waals surface area contributed by atoms with Crippen molar-refractivity contribution < 1.29 is 35.2 Å². The zero-order valence-electron chi connectivity index (χ0n) is 13.9. The fourth-order valence-corrected chi connectivity index (χ4v) is 3.71. The van der Waals surface area contributed by atoms with Crippen LogP contribution in [0.25, 0.3) is 11.0 Å². The number of ketones is 1. The highest BCUT2D eigenvalue weighted by atomic mass is 35.5.